The van der Waals surface area contributed by atoms with Crippen molar-refractivity contribution in [3.63, 3.8) is 0 Å². The molecular weight excluding hydrogens is 381 g/mol. The summed E-state index contributed by atoms with van der Waals surface area (Å²) < 4.78 is 0. The molecule has 1 saturated carbocycles. The number of hydrogen-bond acceptors (Lipinski definition) is 5. The number of halogens is 2. The Labute approximate surface area is 168 Å². The molecule has 4 rings (SSSR count). The van der Waals surface area contributed by atoms with Crippen LogP contribution in [0.1, 0.15) is 25.7 Å². The van der Waals surface area contributed by atoms with Crippen LogP contribution >= 0.6 is 23.2 Å². The average molecular weight is 400 g/mol. The van der Waals surface area contributed by atoms with Crippen molar-refractivity contribution in [3.8, 4) is 11.3 Å². The van der Waals surface area contributed by atoms with E-state index in [0.717, 1.165) is 24.1 Å². The van der Waals surface area contributed by atoms with Crippen LogP contribution in [0.3, 0.4) is 0 Å². The number of benzene rings is 1. The second-order valence-electron chi connectivity index (χ2n) is 6.56. The fourth-order valence-corrected chi connectivity index (χ4v) is 3.58. The first-order valence-electron chi connectivity index (χ1n) is 8.96. The van der Waals surface area contributed by atoms with Gasteiger partial charge < -0.3 is 10.6 Å². The van der Waals surface area contributed by atoms with E-state index >= 15 is 0 Å². The molecule has 0 radical (unpaired) electrons. The standard InChI is InChI=1S/C20H19Cl2N5/c21-15-8-3-9-16(19(15)22)25-18-11-17(13-5-4-10-23-12-13)26-20(27-18)24-14-6-1-2-7-14/h3-5,8-12,14H,1-2,6-7H2,(H2,24,25,26,27). The fraction of sp³-hybridized carbons (Fsp3) is 0.250. The molecule has 5 nitrogen and oxygen atoms in total. The van der Waals surface area contributed by atoms with E-state index in [1.807, 2.05) is 30.3 Å². The zero-order valence-electron chi connectivity index (χ0n) is 14.6. The Morgan fingerprint density at radius 3 is 2.63 bits per heavy atom. The summed E-state index contributed by atoms with van der Waals surface area (Å²) in [6.45, 7) is 0. The zero-order chi connectivity index (χ0) is 18.6. The number of nitrogens with zero attached hydrogens (tertiary/aromatic N) is 3. The normalized spacial score (nSPS) is 14.3. The van der Waals surface area contributed by atoms with Gasteiger partial charge in [-0.2, -0.15) is 4.98 Å². The number of rotatable bonds is 5. The van der Waals surface area contributed by atoms with Gasteiger partial charge in [0.15, 0.2) is 0 Å². The topological polar surface area (TPSA) is 62.7 Å². The van der Waals surface area contributed by atoms with Crippen LogP contribution in [0.5, 0.6) is 0 Å². The van der Waals surface area contributed by atoms with E-state index in [2.05, 4.69) is 25.6 Å². The van der Waals surface area contributed by atoms with Gasteiger partial charge in [-0.25, -0.2) is 4.98 Å². The Morgan fingerprint density at radius 1 is 1.00 bits per heavy atom. The second kappa shape index (κ2) is 8.11. The van der Waals surface area contributed by atoms with Crippen molar-refractivity contribution in [1.29, 1.82) is 0 Å². The van der Waals surface area contributed by atoms with E-state index < -0.39 is 0 Å². The first-order chi connectivity index (χ1) is 13.2. The third kappa shape index (κ3) is 4.31. The van der Waals surface area contributed by atoms with Crippen molar-refractivity contribution in [2.45, 2.75) is 31.7 Å². The molecule has 0 atom stereocenters. The predicted octanol–water partition coefficient (Wildman–Crippen LogP) is 5.94. The maximum absolute atomic E-state index is 6.31. The third-order valence-corrected chi connectivity index (χ3v) is 5.41. The van der Waals surface area contributed by atoms with E-state index in [4.69, 9.17) is 23.2 Å². The number of aromatic nitrogens is 3. The van der Waals surface area contributed by atoms with Crippen molar-refractivity contribution in [2.24, 2.45) is 0 Å². The Balaban J connectivity index is 1.69. The number of pyridine rings is 1. The fourth-order valence-electron chi connectivity index (χ4n) is 3.23. The van der Waals surface area contributed by atoms with Gasteiger partial charge in [0.25, 0.3) is 0 Å². The second-order valence-corrected chi connectivity index (χ2v) is 7.34. The predicted molar refractivity (Wildman–Crippen MR) is 111 cm³/mol. The highest BCUT2D eigenvalue weighted by Crippen LogP contribution is 2.32. The highest BCUT2D eigenvalue weighted by molar-refractivity contribution is 6.43. The van der Waals surface area contributed by atoms with Crippen LogP contribution in [0.25, 0.3) is 11.3 Å². The van der Waals surface area contributed by atoms with Crippen LogP contribution in [-0.4, -0.2) is 21.0 Å². The van der Waals surface area contributed by atoms with Gasteiger partial charge in [0, 0.05) is 30.1 Å². The number of hydrogen-bond donors (Lipinski definition) is 2. The van der Waals surface area contributed by atoms with Gasteiger partial charge >= 0.3 is 0 Å². The minimum absolute atomic E-state index is 0.414. The van der Waals surface area contributed by atoms with E-state index in [0.29, 0.717) is 33.5 Å². The molecule has 1 aromatic carbocycles. The van der Waals surface area contributed by atoms with Crippen molar-refractivity contribution < 1.29 is 0 Å². The molecule has 27 heavy (non-hydrogen) atoms. The van der Waals surface area contributed by atoms with Crippen LogP contribution in [0.4, 0.5) is 17.5 Å². The Kier molecular flexibility index (Phi) is 5.41. The third-order valence-electron chi connectivity index (χ3n) is 4.59. The lowest BCUT2D eigenvalue weighted by molar-refractivity contribution is 0.744. The lowest BCUT2D eigenvalue weighted by Gasteiger charge is -2.15. The van der Waals surface area contributed by atoms with Crippen molar-refractivity contribution in [1.82, 2.24) is 15.0 Å². The van der Waals surface area contributed by atoms with Crippen molar-refractivity contribution in [3.05, 3.63) is 58.8 Å². The average Bonchev–Trinajstić information content (AvgIpc) is 3.19. The van der Waals surface area contributed by atoms with Crippen LogP contribution in [0.15, 0.2) is 48.8 Å². The summed E-state index contributed by atoms with van der Waals surface area (Å²) in [5, 5.41) is 7.68. The molecule has 2 heterocycles. The highest BCUT2D eigenvalue weighted by atomic mass is 35.5. The summed E-state index contributed by atoms with van der Waals surface area (Å²) in [6.07, 6.45) is 8.30. The molecule has 0 aliphatic heterocycles. The monoisotopic (exact) mass is 399 g/mol. The molecule has 1 aliphatic carbocycles. The van der Waals surface area contributed by atoms with Crippen LogP contribution < -0.4 is 10.6 Å². The van der Waals surface area contributed by atoms with E-state index in [-0.39, 0.29) is 0 Å². The maximum atomic E-state index is 6.31. The van der Waals surface area contributed by atoms with E-state index in [1.165, 1.54) is 12.8 Å². The summed E-state index contributed by atoms with van der Waals surface area (Å²) in [7, 11) is 0. The maximum Gasteiger partial charge on any atom is 0.225 e. The molecule has 1 aliphatic rings. The van der Waals surface area contributed by atoms with Gasteiger partial charge in [-0.3, -0.25) is 4.98 Å². The molecular formula is C20H19Cl2N5. The highest BCUT2D eigenvalue weighted by Gasteiger charge is 2.17. The quantitative estimate of drug-likeness (QED) is 0.555. The summed E-state index contributed by atoms with van der Waals surface area (Å²) in [5.74, 6) is 1.25. The van der Waals surface area contributed by atoms with E-state index in [1.54, 1.807) is 18.5 Å². The van der Waals surface area contributed by atoms with Crippen molar-refractivity contribution in [2.75, 3.05) is 10.6 Å². The SMILES string of the molecule is Clc1cccc(Nc2cc(-c3cccnc3)nc(NC3CCCC3)n2)c1Cl. The molecule has 1 fully saturated rings. The minimum Gasteiger partial charge on any atom is -0.351 e. The first-order valence-corrected chi connectivity index (χ1v) is 9.72. The number of anilines is 3. The summed E-state index contributed by atoms with van der Waals surface area (Å²) in [6, 6.07) is 11.6. The zero-order valence-corrected chi connectivity index (χ0v) is 16.1. The largest absolute Gasteiger partial charge is 0.351 e. The van der Waals surface area contributed by atoms with Gasteiger partial charge in [-0.05, 0) is 37.1 Å². The summed E-state index contributed by atoms with van der Waals surface area (Å²) in [4.78, 5) is 13.5. The molecule has 0 spiro atoms. The molecule has 0 bridgehead atoms. The van der Waals surface area contributed by atoms with Gasteiger partial charge in [0.2, 0.25) is 5.95 Å². The Bertz CT molecular complexity index is 927. The minimum atomic E-state index is 0.414. The Hall–Kier alpha value is -2.37. The molecule has 138 valence electrons. The summed E-state index contributed by atoms with van der Waals surface area (Å²) in [5.41, 5.74) is 2.42. The molecule has 7 heteroatoms. The van der Waals surface area contributed by atoms with Crippen LogP contribution in [0, 0.1) is 0 Å². The van der Waals surface area contributed by atoms with Gasteiger partial charge in [-0.1, -0.05) is 42.1 Å². The first kappa shape index (κ1) is 18.0. The lowest BCUT2D eigenvalue weighted by Crippen LogP contribution is -2.17. The molecule has 2 aromatic heterocycles. The molecule has 0 unspecified atom stereocenters. The molecule has 3 aromatic rings. The van der Waals surface area contributed by atoms with Gasteiger partial charge in [-0.15, -0.1) is 0 Å². The van der Waals surface area contributed by atoms with Crippen molar-refractivity contribution >= 4 is 40.7 Å². The number of nitrogens with one attached hydrogen (secondary N) is 2. The molecule has 0 saturated heterocycles. The summed E-state index contributed by atoms with van der Waals surface area (Å²) >= 11 is 12.4. The smallest absolute Gasteiger partial charge is 0.225 e. The van der Waals surface area contributed by atoms with Crippen LogP contribution in [0.2, 0.25) is 10.0 Å². The van der Waals surface area contributed by atoms with Gasteiger partial charge in [0.1, 0.15) is 5.82 Å². The molecule has 2 N–H and O–H groups in total. The van der Waals surface area contributed by atoms with Gasteiger partial charge in [0.05, 0.1) is 21.4 Å². The van der Waals surface area contributed by atoms with E-state index in [9.17, 15) is 0 Å². The lowest BCUT2D eigenvalue weighted by atomic mass is 10.2. The Morgan fingerprint density at radius 2 is 1.85 bits per heavy atom. The van der Waals surface area contributed by atoms with Crippen LogP contribution in [-0.2, 0) is 0 Å². The molecule has 0 amide bonds.